The van der Waals surface area contributed by atoms with Crippen molar-refractivity contribution in [3.63, 3.8) is 0 Å². The zero-order chi connectivity index (χ0) is 19.6. The first kappa shape index (κ1) is 26.6. The van der Waals surface area contributed by atoms with E-state index in [0.29, 0.717) is 0 Å². The lowest BCUT2D eigenvalue weighted by molar-refractivity contribution is -0.134. The van der Waals surface area contributed by atoms with E-state index in [1.54, 1.807) is 6.92 Å². The number of rotatable bonds is 15. The number of carboxylic acid groups (broad SMARTS) is 1. The fourth-order valence-electron chi connectivity index (χ4n) is 3.07. The summed E-state index contributed by atoms with van der Waals surface area (Å²) in [5.41, 5.74) is 4.97. The van der Waals surface area contributed by atoms with E-state index in [1.165, 1.54) is 77.0 Å². The van der Waals surface area contributed by atoms with Gasteiger partial charge in [-0.25, -0.2) is 0 Å². The minimum absolute atomic E-state index is 0.273. The van der Waals surface area contributed by atoms with Gasteiger partial charge in [0.2, 0.25) is 0 Å². The second kappa shape index (κ2) is 18.2. The summed E-state index contributed by atoms with van der Waals surface area (Å²) in [6.07, 6.45) is 17.9. The Balaban J connectivity index is 0. The molecule has 0 heterocycles. The van der Waals surface area contributed by atoms with E-state index in [4.69, 9.17) is 15.6 Å². The van der Waals surface area contributed by atoms with E-state index in [0.717, 1.165) is 19.8 Å². The van der Waals surface area contributed by atoms with Crippen molar-refractivity contribution in [2.45, 2.75) is 123 Å². The van der Waals surface area contributed by atoms with Crippen LogP contribution in [0.15, 0.2) is 0 Å². The van der Waals surface area contributed by atoms with Gasteiger partial charge >= 0.3 is 0 Å². The molecule has 0 aliphatic rings. The first-order chi connectivity index (χ1) is 11.8. The van der Waals surface area contributed by atoms with Gasteiger partial charge in [0.1, 0.15) is 5.72 Å². The summed E-state index contributed by atoms with van der Waals surface area (Å²) in [6.45, 7) is 7.37. The average Bonchev–Trinajstić information content (AvgIpc) is 2.50. The molecular formula is C21H45NO3. The van der Waals surface area contributed by atoms with Crippen LogP contribution >= 0.6 is 0 Å². The Labute approximate surface area is 156 Å². The highest BCUT2D eigenvalue weighted by Crippen LogP contribution is 2.25. The summed E-state index contributed by atoms with van der Waals surface area (Å²) >= 11 is 0. The molecule has 0 aliphatic carbocycles. The van der Waals surface area contributed by atoms with Gasteiger partial charge < -0.3 is 15.9 Å². The fraction of sp³-hybridized carbons (Fsp3) is 0.952. The molecule has 152 valence electrons. The van der Waals surface area contributed by atoms with Crippen LogP contribution in [0.1, 0.15) is 118 Å². The van der Waals surface area contributed by atoms with E-state index >= 15 is 0 Å². The van der Waals surface area contributed by atoms with Crippen LogP contribution in [0.3, 0.4) is 0 Å². The first-order valence-corrected chi connectivity index (χ1v) is 10.5. The van der Waals surface area contributed by atoms with Gasteiger partial charge in [-0.15, -0.1) is 0 Å². The van der Waals surface area contributed by atoms with E-state index in [-0.39, 0.29) is 5.92 Å². The summed E-state index contributed by atoms with van der Waals surface area (Å²) in [5.74, 6) is -0.560. The molecule has 0 spiro atoms. The number of carbonyl (C=O) groups is 1. The Kier molecular flexibility index (Phi) is 19.4. The topological polar surface area (TPSA) is 83.5 Å². The van der Waals surface area contributed by atoms with Crippen LogP contribution < -0.4 is 5.73 Å². The molecule has 1 unspecified atom stereocenters. The van der Waals surface area contributed by atoms with Crippen LogP contribution in [0.4, 0.5) is 0 Å². The maximum absolute atomic E-state index is 10.1. The fourth-order valence-corrected chi connectivity index (χ4v) is 3.07. The van der Waals surface area contributed by atoms with Gasteiger partial charge in [0.15, 0.2) is 0 Å². The van der Waals surface area contributed by atoms with E-state index < -0.39 is 11.7 Å². The van der Waals surface area contributed by atoms with Crippen molar-refractivity contribution < 1.29 is 15.0 Å². The van der Waals surface area contributed by atoms with Crippen LogP contribution in [0.2, 0.25) is 0 Å². The molecule has 0 amide bonds. The first-order valence-electron chi connectivity index (χ1n) is 10.5. The molecule has 0 saturated heterocycles. The lowest BCUT2D eigenvalue weighted by atomic mass is 9.86. The molecule has 4 N–H and O–H groups in total. The van der Waals surface area contributed by atoms with E-state index in [1.807, 2.05) is 0 Å². The summed E-state index contributed by atoms with van der Waals surface area (Å²) in [4.78, 5) is 9.00. The lowest BCUT2D eigenvalue weighted by Crippen LogP contribution is -2.44. The molecule has 0 aromatic heterocycles. The van der Waals surface area contributed by atoms with Crippen molar-refractivity contribution in [2.75, 3.05) is 0 Å². The molecule has 0 aromatic rings. The van der Waals surface area contributed by atoms with Gasteiger partial charge in [-0.05, 0) is 19.8 Å². The standard InChI is InChI=1S/C19H41NO.C2H4O2/c1-4-6-8-10-12-14-16-18(19(3,20)21)17-15-13-11-9-7-5-2;1-2(3)4/h18,21H,4-17,20H2,1-3H3;1H3,(H,3,4). The van der Waals surface area contributed by atoms with Gasteiger partial charge in [0.05, 0.1) is 0 Å². The second-order valence-corrected chi connectivity index (χ2v) is 7.55. The highest BCUT2D eigenvalue weighted by molar-refractivity contribution is 5.62. The van der Waals surface area contributed by atoms with Crippen molar-refractivity contribution in [3.8, 4) is 0 Å². The van der Waals surface area contributed by atoms with Crippen LogP contribution in [0, 0.1) is 5.92 Å². The van der Waals surface area contributed by atoms with Crippen LogP contribution in [-0.4, -0.2) is 21.9 Å². The summed E-state index contributed by atoms with van der Waals surface area (Å²) in [6, 6.07) is 0. The Bertz CT molecular complexity index is 267. The Hall–Kier alpha value is -0.610. The third-order valence-corrected chi connectivity index (χ3v) is 4.64. The van der Waals surface area contributed by atoms with E-state index in [9.17, 15) is 5.11 Å². The average molecular weight is 360 g/mol. The van der Waals surface area contributed by atoms with E-state index in [2.05, 4.69) is 13.8 Å². The highest BCUT2D eigenvalue weighted by atomic mass is 16.4. The predicted molar refractivity (Wildman–Crippen MR) is 108 cm³/mol. The molecule has 0 bridgehead atoms. The molecule has 0 fully saturated rings. The Morgan fingerprint density at radius 1 is 0.840 bits per heavy atom. The smallest absolute Gasteiger partial charge is 0.300 e. The molecule has 4 heteroatoms. The summed E-state index contributed by atoms with van der Waals surface area (Å²) in [7, 11) is 0. The van der Waals surface area contributed by atoms with Crippen LogP contribution in [0.25, 0.3) is 0 Å². The number of carboxylic acids is 1. The van der Waals surface area contributed by atoms with Crippen molar-refractivity contribution in [1.29, 1.82) is 0 Å². The Morgan fingerprint density at radius 3 is 1.40 bits per heavy atom. The number of hydrogen-bond acceptors (Lipinski definition) is 3. The SMILES string of the molecule is CC(=O)O.CCCCCCCCC(CCCCCCCC)C(C)(N)O. The second-order valence-electron chi connectivity index (χ2n) is 7.55. The zero-order valence-corrected chi connectivity index (χ0v) is 17.4. The molecule has 0 radical (unpaired) electrons. The van der Waals surface area contributed by atoms with Gasteiger partial charge in [0.25, 0.3) is 5.97 Å². The molecule has 1 atom stereocenters. The number of nitrogens with two attached hydrogens (primary N) is 1. The third kappa shape index (κ3) is 23.4. The lowest BCUT2D eigenvalue weighted by Gasteiger charge is -2.29. The molecule has 4 nitrogen and oxygen atoms in total. The van der Waals surface area contributed by atoms with Gasteiger partial charge in [-0.3, -0.25) is 4.79 Å². The maximum atomic E-state index is 10.1. The van der Waals surface area contributed by atoms with Crippen molar-refractivity contribution in [1.82, 2.24) is 0 Å². The van der Waals surface area contributed by atoms with Crippen molar-refractivity contribution >= 4 is 5.97 Å². The molecule has 0 aliphatic heterocycles. The summed E-state index contributed by atoms with van der Waals surface area (Å²) in [5, 5.41) is 17.6. The van der Waals surface area contributed by atoms with Gasteiger partial charge in [-0.2, -0.15) is 0 Å². The maximum Gasteiger partial charge on any atom is 0.300 e. The highest BCUT2D eigenvalue weighted by Gasteiger charge is 2.26. The summed E-state index contributed by atoms with van der Waals surface area (Å²) < 4.78 is 0. The predicted octanol–water partition coefficient (Wildman–Crippen LogP) is 5.86. The van der Waals surface area contributed by atoms with Crippen LogP contribution in [-0.2, 0) is 4.79 Å². The molecule has 0 rings (SSSR count). The number of hydrogen-bond donors (Lipinski definition) is 3. The van der Waals surface area contributed by atoms with Crippen molar-refractivity contribution in [3.05, 3.63) is 0 Å². The zero-order valence-electron chi connectivity index (χ0n) is 17.4. The number of unbranched alkanes of at least 4 members (excludes halogenated alkanes) is 10. The van der Waals surface area contributed by atoms with Crippen LogP contribution in [0.5, 0.6) is 0 Å². The number of aliphatic carboxylic acids is 1. The largest absolute Gasteiger partial charge is 0.481 e. The molecule has 0 aromatic carbocycles. The van der Waals surface area contributed by atoms with Gasteiger partial charge in [0, 0.05) is 12.8 Å². The molecule has 25 heavy (non-hydrogen) atoms. The van der Waals surface area contributed by atoms with Gasteiger partial charge in [-0.1, -0.05) is 90.9 Å². The quantitative estimate of drug-likeness (QED) is 0.252. The third-order valence-electron chi connectivity index (χ3n) is 4.64. The molecular weight excluding hydrogens is 314 g/mol. The van der Waals surface area contributed by atoms with Crippen molar-refractivity contribution in [2.24, 2.45) is 11.7 Å². The normalized spacial score (nSPS) is 13.2. The monoisotopic (exact) mass is 359 g/mol. The number of aliphatic hydroxyl groups is 1. The molecule has 0 saturated carbocycles. The minimum atomic E-state index is -0.993. The minimum Gasteiger partial charge on any atom is -0.481 e. The Morgan fingerprint density at radius 2 is 1.12 bits per heavy atom.